The number of benzene rings is 2. The minimum atomic E-state index is -3.65. The third-order valence-electron chi connectivity index (χ3n) is 5.03. The molecule has 0 atom stereocenters. The van der Waals surface area contributed by atoms with E-state index in [2.05, 4.69) is 4.98 Å². The SMILES string of the molecule is O=C(O)c1cc(-c2ccccc2)nc2ccc(S(=O)(=O)N3CCCCC3)cc12. The van der Waals surface area contributed by atoms with E-state index in [9.17, 15) is 18.3 Å². The zero-order valence-electron chi connectivity index (χ0n) is 15.2. The third-order valence-corrected chi connectivity index (χ3v) is 6.93. The molecule has 0 amide bonds. The maximum Gasteiger partial charge on any atom is 0.336 e. The van der Waals surface area contributed by atoms with Crippen LogP contribution < -0.4 is 0 Å². The summed E-state index contributed by atoms with van der Waals surface area (Å²) in [5.74, 6) is -1.11. The highest BCUT2D eigenvalue weighted by Gasteiger charge is 2.26. The summed E-state index contributed by atoms with van der Waals surface area (Å²) in [7, 11) is -3.65. The molecule has 0 bridgehead atoms. The molecule has 1 saturated heterocycles. The maximum absolute atomic E-state index is 13.0. The van der Waals surface area contributed by atoms with Crippen molar-refractivity contribution in [2.75, 3.05) is 13.1 Å². The zero-order chi connectivity index (χ0) is 19.7. The van der Waals surface area contributed by atoms with Gasteiger partial charge in [0.2, 0.25) is 10.0 Å². The van der Waals surface area contributed by atoms with Crippen molar-refractivity contribution >= 4 is 26.9 Å². The number of hydrogen-bond donors (Lipinski definition) is 1. The predicted octanol–water partition coefficient (Wildman–Crippen LogP) is 3.77. The van der Waals surface area contributed by atoms with Gasteiger partial charge in [-0.05, 0) is 37.1 Å². The lowest BCUT2D eigenvalue weighted by atomic mass is 10.0. The maximum atomic E-state index is 13.0. The van der Waals surface area contributed by atoms with E-state index in [0.29, 0.717) is 29.7 Å². The predicted molar refractivity (Wildman–Crippen MR) is 107 cm³/mol. The number of carbonyl (C=O) groups is 1. The van der Waals surface area contributed by atoms with E-state index in [-0.39, 0.29) is 10.5 Å². The van der Waals surface area contributed by atoms with Crippen molar-refractivity contribution in [3.8, 4) is 11.3 Å². The summed E-state index contributed by atoms with van der Waals surface area (Å²) >= 11 is 0. The molecule has 3 aromatic rings. The van der Waals surface area contributed by atoms with Crippen LogP contribution in [0.3, 0.4) is 0 Å². The van der Waals surface area contributed by atoms with Gasteiger partial charge in [-0.25, -0.2) is 18.2 Å². The highest BCUT2D eigenvalue weighted by molar-refractivity contribution is 7.89. The quantitative estimate of drug-likeness (QED) is 0.725. The number of rotatable bonds is 4. The van der Waals surface area contributed by atoms with Crippen molar-refractivity contribution in [1.82, 2.24) is 9.29 Å². The molecule has 4 rings (SSSR count). The summed E-state index contributed by atoms with van der Waals surface area (Å²) in [6.07, 6.45) is 2.71. The molecule has 28 heavy (non-hydrogen) atoms. The molecule has 1 aromatic heterocycles. The topological polar surface area (TPSA) is 87.6 Å². The number of carboxylic acid groups (broad SMARTS) is 1. The average molecular weight is 396 g/mol. The smallest absolute Gasteiger partial charge is 0.336 e. The second kappa shape index (κ2) is 7.33. The fourth-order valence-corrected chi connectivity index (χ4v) is 5.10. The van der Waals surface area contributed by atoms with Gasteiger partial charge >= 0.3 is 5.97 Å². The second-order valence-corrected chi connectivity index (χ2v) is 8.81. The first-order valence-corrected chi connectivity index (χ1v) is 10.6. The van der Waals surface area contributed by atoms with E-state index in [1.807, 2.05) is 30.3 Å². The first-order chi connectivity index (χ1) is 13.5. The first kappa shape index (κ1) is 18.6. The minimum absolute atomic E-state index is 0.0412. The van der Waals surface area contributed by atoms with E-state index >= 15 is 0 Å². The van der Waals surface area contributed by atoms with Crippen molar-refractivity contribution in [2.24, 2.45) is 0 Å². The van der Waals surface area contributed by atoms with Gasteiger partial charge in [0.1, 0.15) is 0 Å². The average Bonchev–Trinajstić information content (AvgIpc) is 2.73. The molecule has 2 aromatic carbocycles. The van der Waals surface area contributed by atoms with Crippen LogP contribution in [-0.4, -0.2) is 41.9 Å². The van der Waals surface area contributed by atoms with E-state index in [0.717, 1.165) is 24.8 Å². The Balaban J connectivity index is 1.85. The Morgan fingerprint density at radius 2 is 1.68 bits per heavy atom. The number of aromatic nitrogens is 1. The number of aromatic carboxylic acids is 1. The van der Waals surface area contributed by atoms with Crippen LogP contribution in [0.2, 0.25) is 0 Å². The number of fused-ring (bicyclic) bond motifs is 1. The Kier molecular flexibility index (Phi) is 4.87. The van der Waals surface area contributed by atoms with Gasteiger partial charge in [0.25, 0.3) is 0 Å². The molecule has 7 heteroatoms. The number of hydrogen-bond acceptors (Lipinski definition) is 4. The van der Waals surface area contributed by atoms with Crippen LogP contribution in [0.15, 0.2) is 59.5 Å². The monoisotopic (exact) mass is 396 g/mol. The molecule has 1 N–H and O–H groups in total. The fraction of sp³-hybridized carbons (Fsp3) is 0.238. The summed E-state index contributed by atoms with van der Waals surface area (Å²) in [5.41, 5.74) is 1.84. The van der Waals surface area contributed by atoms with Crippen LogP contribution in [-0.2, 0) is 10.0 Å². The van der Waals surface area contributed by atoms with Gasteiger partial charge in [0.05, 0.1) is 21.7 Å². The molecule has 2 heterocycles. The summed E-state index contributed by atoms with van der Waals surface area (Å²) in [6.45, 7) is 0.995. The summed E-state index contributed by atoms with van der Waals surface area (Å²) in [5, 5.41) is 10.0. The Bertz CT molecular complexity index is 1140. The van der Waals surface area contributed by atoms with Gasteiger partial charge < -0.3 is 5.11 Å². The van der Waals surface area contributed by atoms with Crippen LogP contribution in [0.5, 0.6) is 0 Å². The molecule has 0 unspecified atom stereocenters. The Morgan fingerprint density at radius 3 is 2.36 bits per heavy atom. The lowest BCUT2D eigenvalue weighted by molar-refractivity contribution is 0.0699. The molecule has 144 valence electrons. The molecular formula is C21H20N2O4S. The van der Waals surface area contributed by atoms with Crippen LogP contribution in [0.25, 0.3) is 22.2 Å². The molecule has 0 aliphatic carbocycles. The summed E-state index contributed by atoms with van der Waals surface area (Å²) in [6, 6.07) is 15.3. The summed E-state index contributed by atoms with van der Waals surface area (Å²) < 4.78 is 27.4. The van der Waals surface area contributed by atoms with Crippen LogP contribution >= 0.6 is 0 Å². The number of pyridine rings is 1. The Morgan fingerprint density at radius 1 is 0.964 bits per heavy atom. The van der Waals surface area contributed by atoms with Gasteiger partial charge in [-0.1, -0.05) is 36.8 Å². The largest absolute Gasteiger partial charge is 0.478 e. The lowest BCUT2D eigenvalue weighted by Crippen LogP contribution is -2.35. The number of nitrogens with zero attached hydrogens (tertiary/aromatic N) is 2. The Labute approximate surface area is 163 Å². The van der Waals surface area contributed by atoms with E-state index in [4.69, 9.17) is 0 Å². The number of carboxylic acids is 1. The standard InChI is InChI=1S/C21H20N2O4S/c24-21(25)18-14-20(15-7-3-1-4-8-15)22-19-10-9-16(13-17(18)19)28(26,27)23-11-5-2-6-12-23/h1,3-4,7-10,13-14H,2,5-6,11-12H2,(H,24,25). The van der Waals surface area contributed by atoms with Gasteiger partial charge in [-0.3, -0.25) is 0 Å². The molecule has 1 aliphatic rings. The van der Waals surface area contributed by atoms with Gasteiger partial charge in [-0.15, -0.1) is 0 Å². The van der Waals surface area contributed by atoms with E-state index < -0.39 is 16.0 Å². The second-order valence-electron chi connectivity index (χ2n) is 6.87. The molecular weight excluding hydrogens is 376 g/mol. The van der Waals surface area contributed by atoms with Gasteiger partial charge in [0, 0.05) is 24.0 Å². The first-order valence-electron chi connectivity index (χ1n) is 9.20. The van der Waals surface area contributed by atoms with Gasteiger partial charge in [0.15, 0.2) is 0 Å². The van der Waals surface area contributed by atoms with Crippen molar-refractivity contribution in [2.45, 2.75) is 24.2 Å². The van der Waals surface area contributed by atoms with Gasteiger partial charge in [-0.2, -0.15) is 4.31 Å². The van der Waals surface area contributed by atoms with Crippen LogP contribution in [0.1, 0.15) is 29.6 Å². The van der Waals surface area contributed by atoms with Crippen molar-refractivity contribution in [3.63, 3.8) is 0 Å². The zero-order valence-corrected chi connectivity index (χ0v) is 16.0. The fourth-order valence-electron chi connectivity index (χ4n) is 3.55. The minimum Gasteiger partial charge on any atom is -0.478 e. The third kappa shape index (κ3) is 3.39. The highest BCUT2D eigenvalue weighted by Crippen LogP contribution is 2.28. The van der Waals surface area contributed by atoms with E-state index in [1.165, 1.54) is 22.5 Å². The highest BCUT2D eigenvalue weighted by atomic mass is 32.2. The van der Waals surface area contributed by atoms with Crippen LogP contribution in [0, 0.1) is 0 Å². The number of piperidine rings is 1. The normalized spacial score (nSPS) is 15.6. The molecule has 1 aliphatic heterocycles. The number of sulfonamides is 1. The summed E-state index contributed by atoms with van der Waals surface area (Å²) in [4.78, 5) is 16.5. The van der Waals surface area contributed by atoms with Crippen LogP contribution in [0.4, 0.5) is 0 Å². The van der Waals surface area contributed by atoms with Crippen molar-refractivity contribution < 1.29 is 18.3 Å². The van der Waals surface area contributed by atoms with E-state index in [1.54, 1.807) is 6.07 Å². The lowest BCUT2D eigenvalue weighted by Gasteiger charge is -2.26. The molecule has 6 nitrogen and oxygen atoms in total. The van der Waals surface area contributed by atoms with Crippen molar-refractivity contribution in [3.05, 3.63) is 60.2 Å². The van der Waals surface area contributed by atoms with Crippen molar-refractivity contribution in [1.29, 1.82) is 0 Å². The molecule has 0 saturated carbocycles. The molecule has 0 radical (unpaired) electrons. The molecule has 1 fully saturated rings. The molecule has 0 spiro atoms. The Hall–Kier alpha value is -2.77.